The van der Waals surface area contributed by atoms with Crippen LogP contribution in [0.5, 0.6) is 11.5 Å². The molecular weight excluding hydrogens is 282 g/mol. The summed E-state index contributed by atoms with van der Waals surface area (Å²) >= 11 is 0. The van der Waals surface area contributed by atoms with E-state index in [4.69, 9.17) is 10.00 Å². The van der Waals surface area contributed by atoms with E-state index in [0.717, 1.165) is 5.56 Å². The summed E-state index contributed by atoms with van der Waals surface area (Å²) in [4.78, 5) is 11.8. The van der Waals surface area contributed by atoms with E-state index >= 15 is 0 Å². The number of carbonyl (C=O) groups excluding carboxylic acids is 1. The number of phenols is 1. The lowest BCUT2D eigenvalue weighted by molar-refractivity contribution is 0.0954. The molecule has 0 aliphatic heterocycles. The van der Waals surface area contributed by atoms with Gasteiger partial charge >= 0.3 is 0 Å². The molecule has 2 aromatic carbocycles. The number of carbonyl (C=O) groups is 1. The van der Waals surface area contributed by atoms with Crippen molar-refractivity contribution in [3.63, 3.8) is 0 Å². The number of phenolic OH excluding ortho intramolecular Hbond substituents is 1. The zero-order valence-corrected chi connectivity index (χ0v) is 11.6. The van der Waals surface area contributed by atoms with Crippen LogP contribution in [0, 0.1) is 11.3 Å². The summed E-state index contributed by atoms with van der Waals surface area (Å²) in [6.45, 7) is -0.00653. The normalized spacial score (nSPS) is 10.1. The quantitative estimate of drug-likeness (QED) is 0.652. The Hall–Kier alpha value is -3.33. The molecule has 0 heterocycles. The summed E-state index contributed by atoms with van der Waals surface area (Å²) in [5.74, 6) is 0.188. The van der Waals surface area contributed by atoms with Gasteiger partial charge in [0.15, 0.2) is 6.61 Å². The molecule has 0 aromatic heterocycles. The summed E-state index contributed by atoms with van der Waals surface area (Å²) in [7, 11) is 0. The maximum Gasteiger partial charge on any atom is 0.271 e. The van der Waals surface area contributed by atoms with E-state index in [1.165, 1.54) is 18.3 Å². The van der Waals surface area contributed by atoms with Crippen molar-refractivity contribution < 1.29 is 14.6 Å². The van der Waals surface area contributed by atoms with Gasteiger partial charge in [0.1, 0.15) is 17.6 Å². The van der Waals surface area contributed by atoms with Crippen molar-refractivity contribution in [3.8, 4) is 17.6 Å². The van der Waals surface area contributed by atoms with Gasteiger partial charge in [-0.25, -0.2) is 5.43 Å². The summed E-state index contributed by atoms with van der Waals surface area (Å²) in [5, 5.41) is 21.6. The molecule has 1 amide bonds. The Morgan fingerprint density at radius 3 is 2.77 bits per heavy atom. The molecule has 2 N–H and O–H groups in total. The molecule has 0 aliphatic carbocycles. The highest BCUT2D eigenvalue weighted by molar-refractivity contribution is 5.95. The number of ether oxygens (including phenoxy) is 1. The lowest BCUT2D eigenvalue weighted by Gasteiger charge is -2.02. The predicted octanol–water partition coefficient (Wildman–Crippen LogP) is 2.06. The molecule has 2 rings (SSSR count). The molecule has 0 atom stereocenters. The maximum atomic E-state index is 11.8. The SMILES string of the molecule is N#CCOc1ccc(/C=N\NC(=O)c2cccc(O)c2)cc1. The molecule has 6 heteroatoms. The van der Waals surface area contributed by atoms with Crippen molar-refractivity contribution in [1.82, 2.24) is 5.43 Å². The highest BCUT2D eigenvalue weighted by atomic mass is 16.5. The lowest BCUT2D eigenvalue weighted by atomic mass is 10.2. The topological polar surface area (TPSA) is 94.7 Å². The molecule has 22 heavy (non-hydrogen) atoms. The average molecular weight is 295 g/mol. The van der Waals surface area contributed by atoms with Crippen LogP contribution in [0.2, 0.25) is 0 Å². The Morgan fingerprint density at radius 1 is 1.32 bits per heavy atom. The van der Waals surface area contributed by atoms with Gasteiger partial charge in [0.2, 0.25) is 0 Å². The first-order valence-electron chi connectivity index (χ1n) is 6.41. The molecular formula is C16H13N3O3. The number of rotatable bonds is 5. The van der Waals surface area contributed by atoms with Gasteiger partial charge in [-0.15, -0.1) is 0 Å². The Labute approximate surface area is 127 Å². The number of hydrazone groups is 1. The standard InChI is InChI=1S/C16H13N3O3/c17-8-9-22-15-6-4-12(5-7-15)11-18-19-16(21)13-2-1-3-14(20)10-13/h1-7,10-11,20H,9H2,(H,19,21)/b18-11-. The Morgan fingerprint density at radius 2 is 2.09 bits per heavy atom. The van der Waals surface area contributed by atoms with Crippen LogP contribution in [0.15, 0.2) is 53.6 Å². The molecule has 0 unspecified atom stereocenters. The molecule has 2 aromatic rings. The first kappa shape index (κ1) is 15.1. The third-order valence-electron chi connectivity index (χ3n) is 2.67. The second kappa shape index (κ2) is 7.45. The molecule has 110 valence electrons. The van der Waals surface area contributed by atoms with Crippen LogP contribution < -0.4 is 10.2 Å². The Balaban J connectivity index is 1.92. The highest BCUT2D eigenvalue weighted by Gasteiger charge is 2.04. The third-order valence-corrected chi connectivity index (χ3v) is 2.67. The summed E-state index contributed by atoms with van der Waals surface area (Å²) in [6.07, 6.45) is 1.48. The van der Waals surface area contributed by atoms with E-state index in [-0.39, 0.29) is 12.4 Å². The molecule has 0 saturated carbocycles. The van der Waals surface area contributed by atoms with Crippen LogP contribution in [-0.4, -0.2) is 23.8 Å². The monoisotopic (exact) mass is 295 g/mol. The van der Waals surface area contributed by atoms with Crippen molar-refractivity contribution in [2.45, 2.75) is 0 Å². The second-order valence-corrected chi connectivity index (χ2v) is 4.27. The predicted molar refractivity (Wildman–Crippen MR) is 80.7 cm³/mol. The van der Waals surface area contributed by atoms with Crippen LogP contribution in [0.1, 0.15) is 15.9 Å². The fourth-order valence-electron chi connectivity index (χ4n) is 1.64. The van der Waals surface area contributed by atoms with E-state index in [1.54, 1.807) is 36.4 Å². The number of nitriles is 1. The van der Waals surface area contributed by atoms with Gasteiger partial charge in [-0.1, -0.05) is 6.07 Å². The second-order valence-electron chi connectivity index (χ2n) is 4.27. The Kier molecular flexibility index (Phi) is 5.10. The van der Waals surface area contributed by atoms with Crippen LogP contribution in [0.3, 0.4) is 0 Å². The lowest BCUT2D eigenvalue weighted by Crippen LogP contribution is -2.17. The number of aromatic hydroxyl groups is 1. The highest BCUT2D eigenvalue weighted by Crippen LogP contribution is 2.11. The van der Waals surface area contributed by atoms with E-state index in [1.807, 2.05) is 6.07 Å². The zero-order valence-electron chi connectivity index (χ0n) is 11.6. The van der Waals surface area contributed by atoms with Gasteiger partial charge in [0.05, 0.1) is 6.21 Å². The number of amides is 1. The average Bonchev–Trinajstić information content (AvgIpc) is 2.54. The minimum atomic E-state index is -0.416. The number of hydrogen-bond donors (Lipinski definition) is 2. The fourth-order valence-corrected chi connectivity index (χ4v) is 1.64. The number of hydrogen-bond acceptors (Lipinski definition) is 5. The molecule has 6 nitrogen and oxygen atoms in total. The largest absolute Gasteiger partial charge is 0.508 e. The summed E-state index contributed by atoms with van der Waals surface area (Å²) < 4.78 is 5.12. The molecule has 0 fully saturated rings. The van der Waals surface area contributed by atoms with E-state index < -0.39 is 5.91 Å². The molecule has 0 bridgehead atoms. The van der Waals surface area contributed by atoms with Crippen molar-refractivity contribution in [2.75, 3.05) is 6.61 Å². The van der Waals surface area contributed by atoms with Crippen molar-refractivity contribution in [3.05, 3.63) is 59.7 Å². The molecule has 0 saturated heterocycles. The van der Waals surface area contributed by atoms with E-state index in [2.05, 4.69) is 10.5 Å². The fraction of sp³-hybridized carbons (Fsp3) is 0.0625. The van der Waals surface area contributed by atoms with Crippen LogP contribution in [0.4, 0.5) is 0 Å². The van der Waals surface area contributed by atoms with Gasteiger partial charge in [0, 0.05) is 5.56 Å². The maximum absolute atomic E-state index is 11.8. The van der Waals surface area contributed by atoms with Crippen molar-refractivity contribution >= 4 is 12.1 Å². The third kappa shape index (κ3) is 4.35. The van der Waals surface area contributed by atoms with Crippen LogP contribution in [-0.2, 0) is 0 Å². The van der Waals surface area contributed by atoms with Crippen molar-refractivity contribution in [1.29, 1.82) is 5.26 Å². The number of nitrogens with zero attached hydrogens (tertiary/aromatic N) is 2. The van der Waals surface area contributed by atoms with Crippen LogP contribution >= 0.6 is 0 Å². The van der Waals surface area contributed by atoms with Gasteiger partial charge in [0.25, 0.3) is 5.91 Å². The first-order chi connectivity index (χ1) is 10.7. The zero-order chi connectivity index (χ0) is 15.8. The van der Waals surface area contributed by atoms with E-state index in [9.17, 15) is 9.90 Å². The van der Waals surface area contributed by atoms with Gasteiger partial charge < -0.3 is 9.84 Å². The molecule has 0 radical (unpaired) electrons. The minimum absolute atomic E-state index is 0.00653. The number of benzene rings is 2. The van der Waals surface area contributed by atoms with Gasteiger partial charge in [-0.2, -0.15) is 10.4 Å². The minimum Gasteiger partial charge on any atom is -0.508 e. The molecule has 0 aliphatic rings. The smallest absolute Gasteiger partial charge is 0.271 e. The summed E-state index contributed by atoms with van der Waals surface area (Å²) in [5.41, 5.74) is 3.45. The van der Waals surface area contributed by atoms with Crippen LogP contribution in [0.25, 0.3) is 0 Å². The first-order valence-corrected chi connectivity index (χ1v) is 6.41. The number of nitrogens with one attached hydrogen (secondary N) is 1. The Bertz CT molecular complexity index is 718. The summed E-state index contributed by atoms with van der Waals surface area (Å²) in [6, 6.07) is 14.8. The van der Waals surface area contributed by atoms with E-state index in [0.29, 0.717) is 11.3 Å². The van der Waals surface area contributed by atoms with Gasteiger partial charge in [-0.3, -0.25) is 4.79 Å². The van der Waals surface area contributed by atoms with Crippen molar-refractivity contribution in [2.24, 2.45) is 5.10 Å². The van der Waals surface area contributed by atoms with Gasteiger partial charge in [-0.05, 0) is 48.0 Å². The molecule has 0 spiro atoms.